The van der Waals surface area contributed by atoms with Gasteiger partial charge in [-0.3, -0.25) is 4.98 Å². The van der Waals surface area contributed by atoms with E-state index in [1.807, 2.05) is 18.2 Å². The van der Waals surface area contributed by atoms with E-state index in [9.17, 15) is 0 Å². The third-order valence-corrected chi connectivity index (χ3v) is 3.28. The van der Waals surface area contributed by atoms with Crippen LogP contribution in [0.3, 0.4) is 0 Å². The molecule has 0 fully saturated rings. The molecule has 2 rings (SSSR count). The van der Waals surface area contributed by atoms with Crippen LogP contribution in [0.5, 0.6) is 5.75 Å². The van der Waals surface area contributed by atoms with Gasteiger partial charge in [0.25, 0.3) is 0 Å². The Kier molecular flexibility index (Phi) is 5.34. The lowest BCUT2D eigenvalue weighted by atomic mass is 10.1. The summed E-state index contributed by atoms with van der Waals surface area (Å²) < 4.78 is 5.90. The highest BCUT2D eigenvalue weighted by atomic mass is 16.5. The molecule has 3 nitrogen and oxygen atoms in total. The summed E-state index contributed by atoms with van der Waals surface area (Å²) in [5.74, 6) is 0.933. The van der Waals surface area contributed by atoms with Gasteiger partial charge in [0, 0.05) is 12.6 Å². The molecule has 0 aliphatic rings. The number of hydrogen-bond donors (Lipinski definition) is 1. The van der Waals surface area contributed by atoms with E-state index in [2.05, 4.69) is 56.2 Å². The zero-order valence-electron chi connectivity index (χ0n) is 13.3. The number of rotatable bonds is 6. The van der Waals surface area contributed by atoms with Gasteiger partial charge in [0.2, 0.25) is 0 Å². The SMILES string of the molecule is Cc1ccc(C)c(OCc2cccc(CNC(C)C)n2)c1. The summed E-state index contributed by atoms with van der Waals surface area (Å²) in [4.78, 5) is 4.62. The van der Waals surface area contributed by atoms with Crippen LogP contribution in [0.1, 0.15) is 36.4 Å². The molecule has 0 aliphatic heterocycles. The van der Waals surface area contributed by atoms with Gasteiger partial charge in [0.15, 0.2) is 0 Å². The molecule has 1 aromatic heterocycles. The second kappa shape index (κ2) is 7.23. The molecule has 0 aliphatic carbocycles. The molecule has 0 atom stereocenters. The molecular weight excluding hydrogens is 260 g/mol. The second-order valence-electron chi connectivity index (χ2n) is 5.71. The fraction of sp³-hybridized carbons (Fsp3) is 0.389. The zero-order chi connectivity index (χ0) is 15.2. The van der Waals surface area contributed by atoms with E-state index < -0.39 is 0 Å². The monoisotopic (exact) mass is 284 g/mol. The largest absolute Gasteiger partial charge is 0.487 e. The average molecular weight is 284 g/mol. The number of aryl methyl sites for hydroxylation is 2. The molecule has 21 heavy (non-hydrogen) atoms. The molecule has 0 saturated carbocycles. The van der Waals surface area contributed by atoms with Crippen LogP contribution in [0.2, 0.25) is 0 Å². The molecule has 1 aromatic carbocycles. The van der Waals surface area contributed by atoms with Crippen molar-refractivity contribution in [2.75, 3.05) is 0 Å². The van der Waals surface area contributed by atoms with E-state index in [1.165, 1.54) is 5.56 Å². The minimum absolute atomic E-state index is 0.460. The minimum atomic E-state index is 0.460. The quantitative estimate of drug-likeness (QED) is 0.876. The number of pyridine rings is 1. The molecule has 3 heteroatoms. The van der Waals surface area contributed by atoms with Crippen LogP contribution in [0.15, 0.2) is 36.4 Å². The van der Waals surface area contributed by atoms with E-state index in [-0.39, 0.29) is 0 Å². The van der Waals surface area contributed by atoms with Crippen LogP contribution in [0.25, 0.3) is 0 Å². The third kappa shape index (κ3) is 4.87. The highest BCUT2D eigenvalue weighted by Crippen LogP contribution is 2.20. The molecule has 1 heterocycles. The van der Waals surface area contributed by atoms with Crippen LogP contribution in [-0.4, -0.2) is 11.0 Å². The van der Waals surface area contributed by atoms with E-state index in [0.29, 0.717) is 12.6 Å². The minimum Gasteiger partial charge on any atom is -0.487 e. The van der Waals surface area contributed by atoms with Gasteiger partial charge in [-0.05, 0) is 43.2 Å². The van der Waals surface area contributed by atoms with Crippen molar-refractivity contribution in [3.63, 3.8) is 0 Å². The van der Waals surface area contributed by atoms with Crippen LogP contribution < -0.4 is 10.1 Å². The normalized spacial score (nSPS) is 10.9. The summed E-state index contributed by atoms with van der Waals surface area (Å²) in [6, 6.07) is 12.8. The smallest absolute Gasteiger partial charge is 0.130 e. The van der Waals surface area contributed by atoms with Gasteiger partial charge in [0.05, 0.1) is 11.4 Å². The van der Waals surface area contributed by atoms with E-state index in [4.69, 9.17) is 4.74 Å². The topological polar surface area (TPSA) is 34.1 Å². The summed E-state index contributed by atoms with van der Waals surface area (Å²) >= 11 is 0. The van der Waals surface area contributed by atoms with E-state index in [1.54, 1.807) is 0 Å². The van der Waals surface area contributed by atoms with E-state index >= 15 is 0 Å². The van der Waals surface area contributed by atoms with Crippen molar-refractivity contribution in [1.82, 2.24) is 10.3 Å². The van der Waals surface area contributed by atoms with E-state index in [0.717, 1.165) is 29.2 Å². The maximum Gasteiger partial charge on any atom is 0.130 e. The fourth-order valence-corrected chi connectivity index (χ4v) is 2.03. The number of benzene rings is 1. The predicted molar refractivity (Wildman–Crippen MR) is 86.5 cm³/mol. The maximum absolute atomic E-state index is 5.90. The Hall–Kier alpha value is -1.87. The first-order valence-corrected chi connectivity index (χ1v) is 7.43. The Balaban J connectivity index is 1.99. The summed E-state index contributed by atoms with van der Waals surface area (Å²) in [6.45, 7) is 9.68. The summed E-state index contributed by atoms with van der Waals surface area (Å²) in [5.41, 5.74) is 4.36. The zero-order valence-corrected chi connectivity index (χ0v) is 13.3. The first-order valence-electron chi connectivity index (χ1n) is 7.43. The highest BCUT2D eigenvalue weighted by molar-refractivity contribution is 5.36. The maximum atomic E-state index is 5.90. The van der Waals surface area contributed by atoms with Gasteiger partial charge < -0.3 is 10.1 Å². The van der Waals surface area contributed by atoms with Crippen LogP contribution in [0.4, 0.5) is 0 Å². The average Bonchev–Trinajstić information content (AvgIpc) is 2.46. The van der Waals surface area contributed by atoms with Crippen molar-refractivity contribution in [3.05, 3.63) is 58.9 Å². The molecule has 0 saturated heterocycles. The Labute approximate surface area is 127 Å². The highest BCUT2D eigenvalue weighted by Gasteiger charge is 2.03. The molecule has 0 bridgehead atoms. The van der Waals surface area contributed by atoms with Gasteiger partial charge >= 0.3 is 0 Å². The van der Waals surface area contributed by atoms with Crippen LogP contribution in [0, 0.1) is 13.8 Å². The van der Waals surface area contributed by atoms with Gasteiger partial charge in [-0.25, -0.2) is 0 Å². The first-order chi connectivity index (χ1) is 10.0. The number of hydrogen-bond acceptors (Lipinski definition) is 3. The Morgan fingerprint density at radius 1 is 1.10 bits per heavy atom. The molecule has 0 radical (unpaired) electrons. The van der Waals surface area contributed by atoms with Crippen LogP contribution >= 0.6 is 0 Å². The number of nitrogens with zero attached hydrogens (tertiary/aromatic N) is 1. The molecule has 1 N–H and O–H groups in total. The summed E-state index contributed by atoms with van der Waals surface area (Å²) in [7, 11) is 0. The van der Waals surface area contributed by atoms with Gasteiger partial charge in [-0.1, -0.05) is 32.0 Å². The van der Waals surface area contributed by atoms with Crippen molar-refractivity contribution < 1.29 is 4.74 Å². The molecule has 0 spiro atoms. The molecule has 0 unspecified atom stereocenters. The molecule has 2 aromatic rings. The fourth-order valence-electron chi connectivity index (χ4n) is 2.03. The Morgan fingerprint density at radius 2 is 1.86 bits per heavy atom. The lowest BCUT2D eigenvalue weighted by Crippen LogP contribution is -2.22. The van der Waals surface area contributed by atoms with Crippen molar-refractivity contribution in [2.45, 2.75) is 46.9 Å². The summed E-state index contributed by atoms with van der Waals surface area (Å²) in [6.07, 6.45) is 0. The predicted octanol–water partition coefficient (Wildman–Crippen LogP) is 3.78. The molecular formula is C18H24N2O. The number of nitrogens with one attached hydrogen (secondary N) is 1. The summed E-state index contributed by atoms with van der Waals surface area (Å²) in [5, 5.41) is 3.38. The number of ether oxygens (including phenoxy) is 1. The lowest BCUT2D eigenvalue weighted by molar-refractivity contribution is 0.298. The number of aromatic nitrogens is 1. The second-order valence-corrected chi connectivity index (χ2v) is 5.71. The molecule has 0 amide bonds. The standard InChI is InChI=1S/C18H24N2O/c1-13(2)19-11-16-6-5-7-17(20-16)12-21-18-10-14(3)8-9-15(18)4/h5-10,13,19H,11-12H2,1-4H3. The van der Waals surface area contributed by atoms with Crippen molar-refractivity contribution in [2.24, 2.45) is 0 Å². The van der Waals surface area contributed by atoms with Gasteiger partial charge in [0.1, 0.15) is 12.4 Å². The third-order valence-electron chi connectivity index (χ3n) is 3.28. The van der Waals surface area contributed by atoms with Gasteiger partial charge in [-0.2, -0.15) is 0 Å². The lowest BCUT2D eigenvalue weighted by Gasteiger charge is -2.11. The first kappa shape index (κ1) is 15.5. The Bertz CT molecular complexity index is 594. The Morgan fingerprint density at radius 3 is 2.62 bits per heavy atom. The van der Waals surface area contributed by atoms with Gasteiger partial charge in [-0.15, -0.1) is 0 Å². The van der Waals surface area contributed by atoms with Crippen molar-refractivity contribution >= 4 is 0 Å². The van der Waals surface area contributed by atoms with Crippen molar-refractivity contribution in [3.8, 4) is 5.75 Å². The molecule has 112 valence electrons. The van der Waals surface area contributed by atoms with Crippen LogP contribution in [-0.2, 0) is 13.2 Å². The van der Waals surface area contributed by atoms with Crippen molar-refractivity contribution in [1.29, 1.82) is 0 Å².